The minimum atomic E-state index is -0.250. The summed E-state index contributed by atoms with van der Waals surface area (Å²) in [7, 11) is 0. The molecule has 0 radical (unpaired) electrons. The Labute approximate surface area is 115 Å². The second-order valence-corrected chi connectivity index (χ2v) is 5.05. The number of ether oxygens (including phenoxy) is 1. The zero-order valence-corrected chi connectivity index (χ0v) is 11.2. The number of hydrogen-bond acceptors (Lipinski definition) is 5. The third-order valence-corrected chi connectivity index (χ3v) is 3.58. The van der Waals surface area contributed by atoms with Crippen LogP contribution in [0.3, 0.4) is 0 Å². The van der Waals surface area contributed by atoms with Crippen LogP contribution in [-0.4, -0.2) is 29.4 Å². The molecule has 0 spiro atoms. The average Bonchev–Trinajstić information content (AvgIpc) is 2.92. The number of rotatable bonds is 2. The number of aryl methyl sites for hydroxylation is 1. The van der Waals surface area contributed by atoms with Gasteiger partial charge in [0.15, 0.2) is 0 Å². The normalized spacial score (nSPS) is 22.9. The van der Waals surface area contributed by atoms with E-state index in [1.54, 1.807) is 19.1 Å². The molecule has 20 heavy (non-hydrogen) atoms. The van der Waals surface area contributed by atoms with Crippen molar-refractivity contribution in [3.05, 3.63) is 35.5 Å². The van der Waals surface area contributed by atoms with E-state index in [9.17, 15) is 4.39 Å². The fraction of sp³-hybridized carbons (Fsp3) is 0.429. The molecule has 1 aliphatic heterocycles. The zero-order chi connectivity index (χ0) is 14.1. The Balaban J connectivity index is 1.87. The summed E-state index contributed by atoms with van der Waals surface area (Å²) in [6, 6.07) is 4.69. The number of nitrogens with two attached hydrogens (primary N) is 1. The standard InChI is InChI=1S/C14H16FN3O2/c1-8-6-9(2-3-11(8)15)13-17-14(20-18-13)10-7-19-5-4-12(10)16/h2-3,6,10,12H,4-5,7,16H2,1H3. The molecule has 0 aliphatic carbocycles. The molecule has 3 rings (SSSR count). The molecule has 1 saturated heterocycles. The maximum atomic E-state index is 13.3. The lowest BCUT2D eigenvalue weighted by molar-refractivity contribution is 0.0590. The van der Waals surface area contributed by atoms with Gasteiger partial charge < -0.3 is 15.0 Å². The first-order valence-corrected chi connectivity index (χ1v) is 6.58. The minimum Gasteiger partial charge on any atom is -0.381 e. The molecule has 0 saturated carbocycles. The molecule has 1 aromatic heterocycles. The van der Waals surface area contributed by atoms with Crippen molar-refractivity contribution in [3.63, 3.8) is 0 Å². The van der Waals surface area contributed by atoms with Crippen molar-refractivity contribution in [3.8, 4) is 11.4 Å². The monoisotopic (exact) mass is 277 g/mol. The first kappa shape index (κ1) is 13.2. The predicted octanol–water partition coefficient (Wildman–Crippen LogP) is 2.02. The predicted molar refractivity (Wildman–Crippen MR) is 70.6 cm³/mol. The second kappa shape index (κ2) is 5.30. The quantitative estimate of drug-likeness (QED) is 0.909. The lowest BCUT2D eigenvalue weighted by Crippen LogP contribution is -2.37. The molecule has 2 atom stereocenters. The van der Waals surface area contributed by atoms with Crippen molar-refractivity contribution in [2.45, 2.75) is 25.3 Å². The Morgan fingerprint density at radius 1 is 1.40 bits per heavy atom. The van der Waals surface area contributed by atoms with Crippen molar-refractivity contribution < 1.29 is 13.7 Å². The summed E-state index contributed by atoms with van der Waals surface area (Å²) in [5.41, 5.74) is 7.32. The van der Waals surface area contributed by atoms with E-state index in [-0.39, 0.29) is 17.8 Å². The van der Waals surface area contributed by atoms with E-state index in [0.717, 1.165) is 12.0 Å². The van der Waals surface area contributed by atoms with Crippen LogP contribution in [0, 0.1) is 12.7 Å². The van der Waals surface area contributed by atoms with Crippen LogP contribution in [0.25, 0.3) is 11.4 Å². The number of aromatic nitrogens is 2. The summed E-state index contributed by atoms with van der Waals surface area (Å²) in [5.74, 6) is 0.599. The summed E-state index contributed by atoms with van der Waals surface area (Å²) < 4.78 is 23.9. The van der Waals surface area contributed by atoms with Crippen LogP contribution < -0.4 is 5.73 Å². The topological polar surface area (TPSA) is 74.2 Å². The molecule has 1 aromatic carbocycles. The average molecular weight is 277 g/mol. The highest BCUT2D eigenvalue weighted by Crippen LogP contribution is 2.26. The van der Waals surface area contributed by atoms with Crippen molar-refractivity contribution in [2.75, 3.05) is 13.2 Å². The molecule has 2 N–H and O–H groups in total. The maximum absolute atomic E-state index is 13.3. The van der Waals surface area contributed by atoms with Gasteiger partial charge >= 0.3 is 0 Å². The molecule has 2 unspecified atom stereocenters. The van der Waals surface area contributed by atoms with Crippen LogP contribution >= 0.6 is 0 Å². The smallest absolute Gasteiger partial charge is 0.233 e. The van der Waals surface area contributed by atoms with Crippen LogP contribution in [0.4, 0.5) is 4.39 Å². The van der Waals surface area contributed by atoms with Gasteiger partial charge in [-0.2, -0.15) is 4.98 Å². The van der Waals surface area contributed by atoms with E-state index >= 15 is 0 Å². The molecule has 6 heteroatoms. The van der Waals surface area contributed by atoms with Gasteiger partial charge in [-0.05, 0) is 37.1 Å². The molecule has 2 heterocycles. The highest BCUT2D eigenvalue weighted by Gasteiger charge is 2.29. The second-order valence-electron chi connectivity index (χ2n) is 5.05. The van der Waals surface area contributed by atoms with Gasteiger partial charge in [0, 0.05) is 18.2 Å². The molecule has 5 nitrogen and oxygen atoms in total. The van der Waals surface area contributed by atoms with Gasteiger partial charge in [-0.25, -0.2) is 4.39 Å². The summed E-state index contributed by atoms with van der Waals surface area (Å²) in [6.07, 6.45) is 0.776. The van der Waals surface area contributed by atoms with Gasteiger partial charge in [-0.1, -0.05) is 5.16 Å². The van der Waals surface area contributed by atoms with Crippen molar-refractivity contribution in [1.82, 2.24) is 10.1 Å². The molecule has 0 amide bonds. The fourth-order valence-electron chi connectivity index (χ4n) is 2.30. The van der Waals surface area contributed by atoms with Crippen molar-refractivity contribution >= 4 is 0 Å². The van der Waals surface area contributed by atoms with Gasteiger partial charge in [0.25, 0.3) is 0 Å². The van der Waals surface area contributed by atoms with Crippen LogP contribution in [0.1, 0.15) is 23.8 Å². The van der Waals surface area contributed by atoms with E-state index in [0.29, 0.717) is 30.5 Å². The molecule has 1 aliphatic rings. The number of benzene rings is 1. The summed E-state index contributed by atoms with van der Waals surface area (Å²) >= 11 is 0. The van der Waals surface area contributed by atoms with E-state index in [1.165, 1.54) is 6.07 Å². The zero-order valence-electron chi connectivity index (χ0n) is 11.2. The van der Waals surface area contributed by atoms with Gasteiger partial charge in [0.05, 0.1) is 12.5 Å². The van der Waals surface area contributed by atoms with Gasteiger partial charge in [-0.15, -0.1) is 0 Å². The Kier molecular flexibility index (Phi) is 3.50. The fourth-order valence-corrected chi connectivity index (χ4v) is 2.30. The van der Waals surface area contributed by atoms with Crippen molar-refractivity contribution in [1.29, 1.82) is 0 Å². The van der Waals surface area contributed by atoms with Crippen LogP contribution in [0.5, 0.6) is 0 Å². The molecule has 1 fully saturated rings. The highest BCUT2D eigenvalue weighted by atomic mass is 19.1. The molecular weight excluding hydrogens is 261 g/mol. The number of hydrogen-bond donors (Lipinski definition) is 1. The van der Waals surface area contributed by atoms with Crippen molar-refractivity contribution in [2.24, 2.45) is 5.73 Å². The maximum Gasteiger partial charge on any atom is 0.233 e. The third-order valence-electron chi connectivity index (χ3n) is 3.58. The lowest BCUT2D eigenvalue weighted by Gasteiger charge is -2.25. The van der Waals surface area contributed by atoms with Gasteiger partial charge in [0.2, 0.25) is 11.7 Å². The first-order chi connectivity index (χ1) is 9.65. The Bertz CT molecular complexity index is 614. The molecular formula is C14H16FN3O2. The number of nitrogens with zero attached hydrogens (tertiary/aromatic N) is 2. The van der Waals surface area contributed by atoms with E-state index in [4.69, 9.17) is 15.0 Å². The van der Waals surface area contributed by atoms with E-state index < -0.39 is 0 Å². The summed E-state index contributed by atoms with van der Waals surface area (Å²) in [4.78, 5) is 4.37. The highest BCUT2D eigenvalue weighted by molar-refractivity contribution is 5.55. The lowest BCUT2D eigenvalue weighted by atomic mass is 9.97. The third kappa shape index (κ3) is 2.44. The molecule has 106 valence electrons. The Morgan fingerprint density at radius 3 is 3.00 bits per heavy atom. The Hall–Kier alpha value is -1.79. The SMILES string of the molecule is Cc1cc(-c2noc(C3COCCC3N)n2)ccc1F. The minimum absolute atomic E-state index is 0.0352. The van der Waals surface area contributed by atoms with E-state index in [1.807, 2.05) is 0 Å². The van der Waals surface area contributed by atoms with Crippen LogP contribution in [0.15, 0.2) is 22.7 Å². The first-order valence-electron chi connectivity index (χ1n) is 6.58. The molecule has 2 aromatic rings. The summed E-state index contributed by atoms with van der Waals surface area (Å²) in [5, 5.41) is 3.95. The van der Waals surface area contributed by atoms with Gasteiger partial charge in [-0.3, -0.25) is 0 Å². The Morgan fingerprint density at radius 2 is 2.25 bits per heavy atom. The summed E-state index contributed by atoms with van der Waals surface area (Å²) in [6.45, 7) is 2.85. The number of halogens is 1. The van der Waals surface area contributed by atoms with Crippen LogP contribution in [0.2, 0.25) is 0 Å². The molecule has 0 bridgehead atoms. The van der Waals surface area contributed by atoms with E-state index in [2.05, 4.69) is 10.1 Å². The van der Waals surface area contributed by atoms with Gasteiger partial charge in [0.1, 0.15) is 5.82 Å². The largest absolute Gasteiger partial charge is 0.381 e. The van der Waals surface area contributed by atoms with Crippen LogP contribution in [-0.2, 0) is 4.74 Å².